The number of ketones is 1. The molecular formula is C18H11ClN4OS. The molecule has 0 atom stereocenters. The molecule has 0 unspecified atom stereocenters. The van der Waals surface area contributed by atoms with Crippen LogP contribution in [0.3, 0.4) is 0 Å². The van der Waals surface area contributed by atoms with Gasteiger partial charge in [-0.15, -0.1) is 11.3 Å². The molecular weight excluding hydrogens is 356 g/mol. The number of hydrogen-bond acceptors (Lipinski definition) is 6. The summed E-state index contributed by atoms with van der Waals surface area (Å²) in [4.78, 5) is 25.0. The highest BCUT2D eigenvalue weighted by Gasteiger charge is 2.15. The maximum absolute atomic E-state index is 12.4. The molecule has 0 aliphatic heterocycles. The van der Waals surface area contributed by atoms with Gasteiger partial charge in [0.15, 0.2) is 5.01 Å². The average Bonchev–Trinajstić information content (AvgIpc) is 3.16. The van der Waals surface area contributed by atoms with Crippen LogP contribution in [-0.2, 0) is 0 Å². The predicted octanol–water partition coefficient (Wildman–Crippen LogP) is 4.71. The van der Waals surface area contributed by atoms with Gasteiger partial charge < -0.3 is 5.32 Å². The van der Waals surface area contributed by atoms with Crippen molar-refractivity contribution in [1.82, 2.24) is 15.0 Å². The molecule has 0 spiro atoms. The normalized spacial score (nSPS) is 10.8. The summed E-state index contributed by atoms with van der Waals surface area (Å²) in [6.45, 7) is 0. The number of rotatable bonds is 4. The topological polar surface area (TPSA) is 67.8 Å². The van der Waals surface area contributed by atoms with Crippen molar-refractivity contribution in [2.24, 2.45) is 0 Å². The van der Waals surface area contributed by atoms with E-state index in [2.05, 4.69) is 20.3 Å². The van der Waals surface area contributed by atoms with E-state index in [9.17, 15) is 4.79 Å². The van der Waals surface area contributed by atoms with Gasteiger partial charge in [0.1, 0.15) is 12.1 Å². The molecule has 4 rings (SSSR count). The van der Waals surface area contributed by atoms with Crippen molar-refractivity contribution in [2.75, 3.05) is 5.32 Å². The minimum Gasteiger partial charge on any atom is -0.340 e. The monoisotopic (exact) mass is 366 g/mol. The zero-order valence-corrected chi connectivity index (χ0v) is 14.4. The third-order valence-electron chi connectivity index (χ3n) is 3.65. The largest absolute Gasteiger partial charge is 0.340 e. The van der Waals surface area contributed by atoms with Crippen LogP contribution in [0.15, 0.2) is 60.4 Å². The highest BCUT2D eigenvalue weighted by molar-refractivity contribution is 7.11. The first-order chi connectivity index (χ1) is 12.2. The van der Waals surface area contributed by atoms with Crippen LogP contribution >= 0.6 is 22.9 Å². The van der Waals surface area contributed by atoms with Gasteiger partial charge in [-0.3, -0.25) is 4.79 Å². The van der Waals surface area contributed by atoms with Crippen molar-refractivity contribution in [2.45, 2.75) is 0 Å². The lowest BCUT2D eigenvalue weighted by atomic mass is 10.1. The maximum atomic E-state index is 12.4. The number of halogens is 1. The van der Waals surface area contributed by atoms with E-state index in [-0.39, 0.29) is 5.78 Å². The number of nitrogens with one attached hydrogen (secondary N) is 1. The van der Waals surface area contributed by atoms with E-state index in [1.165, 1.54) is 17.7 Å². The molecule has 0 bridgehead atoms. The van der Waals surface area contributed by atoms with Gasteiger partial charge in [-0.05, 0) is 30.3 Å². The molecule has 25 heavy (non-hydrogen) atoms. The van der Waals surface area contributed by atoms with E-state index < -0.39 is 0 Å². The van der Waals surface area contributed by atoms with E-state index >= 15 is 0 Å². The van der Waals surface area contributed by atoms with Crippen molar-refractivity contribution in [1.29, 1.82) is 0 Å². The highest BCUT2D eigenvalue weighted by atomic mass is 35.5. The third-order valence-corrected chi connectivity index (χ3v) is 4.73. The molecule has 2 aromatic heterocycles. The second-order valence-corrected chi connectivity index (χ2v) is 6.53. The van der Waals surface area contributed by atoms with Crippen molar-refractivity contribution in [3.63, 3.8) is 0 Å². The summed E-state index contributed by atoms with van der Waals surface area (Å²) < 4.78 is 0. The van der Waals surface area contributed by atoms with Gasteiger partial charge in [0, 0.05) is 28.2 Å². The summed E-state index contributed by atoms with van der Waals surface area (Å²) in [6.07, 6.45) is 3.11. The minimum atomic E-state index is -0.181. The Labute approximate surface area is 152 Å². The summed E-state index contributed by atoms with van der Waals surface area (Å²) in [6, 6.07) is 12.9. The number of hydrogen-bond donors (Lipinski definition) is 1. The fourth-order valence-corrected chi connectivity index (χ4v) is 3.32. The van der Waals surface area contributed by atoms with Crippen molar-refractivity contribution in [3.05, 3.63) is 76.0 Å². The van der Waals surface area contributed by atoms with E-state index in [0.717, 1.165) is 16.6 Å². The number of nitrogens with zero attached hydrogens (tertiary/aromatic N) is 3. The zero-order valence-electron chi connectivity index (χ0n) is 12.8. The summed E-state index contributed by atoms with van der Waals surface area (Å²) in [7, 11) is 0. The Morgan fingerprint density at radius 2 is 1.96 bits per heavy atom. The van der Waals surface area contributed by atoms with Crippen molar-refractivity contribution < 1.29 is 4.79 Å². The van der Waals surface area contributed by atoms with Crippen LogP contribution in [0.25, 0.3) is 10.9 Å². The summed E-state index contributed by atoms with van der Waals surface area (Å²) in [5.41, 5.74) is 2.01. The Bertz CT molecular complexity index is 1060. The van der Waals surface area contributed by atoms with Crippen molar-refractivity contribution >= 4 is 51.1 Å². The van der Waals surface area contributed by atoms with Gasteiger partial charge in [-0.1, -0.05) is 23.7 Å². The highest BCUT2D eigenvalue weighted by Crippen LogP contribution is 2.27. The Hall–Kier alpha value is -2.83. The first kappa shape index (κ1) is 15.7. The molecule has 4 aromatic rings. The first-order valence-corrected chi connectivity index (χ1v) is 8.68. The fraction of sp³-hybridized carbons (Fsp3) is 0. The zero-order chi connectivity index (χ0) is 17.2. The van der Waals surface area contributed by atoms with E-state index in [4.69, 9.17) is 11.6 Å². The maximum Gasteiger partial charge on any atom is 0.223 e. The quantitative estimate of drug-likeness (QED) is 0.529. The Balaban J connectivity index is 1.66. The van der Waals surface area contributed by atoms with Crippen LogP contribution in [0.1, 0.15) is 15.4 Å². The van der Waals surface area contributed by atoms with E-state index in [0.29, 0.717) is 21.4 Å². The standard InChI is InChI=1S/C18H11ClN4OS/c19-14-9-11(5-6-12(14)16(24)18-20-7-8-25-18)23-17-13-3-1-2-4-15(13)21-10-22-17/h1-10H,(H,21,22,23). The molecule has 0 saturated carbocycles. The number of fused-ring (bicyclic) bond motifs is 1. The second kappa shape index (κ2) is 6.58. The van der Waals surface area contributed by atoms with Crippen LogP contribution < -0.4 is 5.32 Å². The molecule has 122 valence electrons. The summed E-state index contributed by atoms with van der Waals surface area (Å²) in [5.74, 6) is 0.500. The van der Waals surface area contributed by atoms with Crippen LogP contribution in [0.4, 0.5) is 11.5 Å². The molecule has 1 N–H and O–H groups in total. The number of benzene rings is 2. The molecule has 2 aromatic carbocycles. The number of carbonyl (C=O) groups is 1. The van der Waals surface area contributed by atoms with Crippen LogP contribution in [0.5, 0.6) is 0 Å². The van der Waals surface area contributed by atoms with Crippen molar-refractivity contribution in [3.8, 4) is 0 Å². The SMILES string of the molecule is O=C(c1nccs1)c1ccc(Nc2ncnc3ccccc23)cc1Cl. The summed E-state index contributed by atoms with van der Waals surface area (Å²) >= 11 is 7.60. The van der Waals surface area contributed by atoms with Gasteiger partial charge in [0.2, 0.25) is 5.78 Å². The number of carbonyl (C=O) groups excluding carboxylic acids is 1. The number of aromatic nitrogens is 3. The molecule has 0 aliphatic carbocycles. The van der Waals surface area contributed by atoms with Gasteiger partial charge >= 0.3 is 0 Å². The minimum absolute atomic E-state index is 0.181. The molecule has 0 fully saturated rings. The van der Waals surface area contributed by atoms with Gasteiger partial charge in [-0.25, -0.2) is 15.0 Å². The van der Waals surface area contributed by atoms with E-state index in [1.54, 1.807) is 29.8 Å². The molecule has 5 nitrogen and oxygen atoms in total. The molecule has 7 heteroatoms. The van der Waals surface area contributed by atoms with Crippen LogP contribution in [-0.4, -0.2) is 20.7 Å². The smallest absolute Gasteiger partial charge is 0.223 e. The lowest BCUT2D eigenvalue weighted by Crippen LogP contribution is -2.02. The van der Waals surface area contributed by atoms with E-state index in [1.807, 2.05) is 24.3 Å². The van der Waals surface area contributed by atoms with Gasteiger partial charge in [0.25, 0.3) is 0 Å². The second-order valence-electron chi connectivity index (χ2n) is 5.23. The van der Waals surface area contributed by atoms with Crippen LogP contribution in [0.2, 0.25) is 5.02 Å². The fourth-order valence-electron chi connectivity index (χ4n) is 2.47. The Morgan fingerprint density at radius 3 is 2.76 bits per heavy atom. The molecule has 0 saturated heterocycles. The lowest BCUT2D eigenvalue weighted by Gasteiger charge is -2.10. The first-order valence-electron chi connectivity index (χ1n) is 7.43. The van der Waals surface area contributed by atoms with Gasteiger partial charge in [-0.2, -0.15) is 0 Å². The number of para-hydroxylation sites is 1. The van der Waals surface area contributed by atoms with Gasteiger partial charge in [0.05, 0.1) is 10.5 Å². The number of thiazole rings is 1. The average molecular weight is 367 g/mol. The predicted molar refractivity (Wildman–Crippen MR) is 99.8 cm³/mol. The van der Waals surface area contributed by atoms with Crippen LogP contribution in [0, 0.1) is 0 Å². The molecule has 0 radical (unpaired) electrons. The summed E-state index contributed by atoms with van der Waals surface area (Å²) in [5, 5.41) is 6.68. The molecule has 2 heterocycles. The molecule has 0 amide bonds. The Morgan fingerprint density at radius 1 is 1.08 bits per heavy atom. The molecule has 0 aliphatic rings. The Kier molecular flexibility index (Phi) is 4.13. The third kappa shape index (κ3) is 3.09. The number of anilines is 2. The lowest BCUT2D eigenvalue weighted by molar-refractivity contribution is 0.103.